The predicted molar refractivity (Wildman–Crippen MR) is 49.8 cm³/mol. The smallest absolute Gasteiger partial charge is 0.158 e. The molecule has 0 bridgehead atoms. The van der Waals surface area contributed by atoms with Gasteiger partial charge in [-0.15, -0.1) is 0 Å². The molecule has 1 aliphatic carbocycles. The van der Waals surface area contributed by atoms with Crippen LogP contribution in [-0.2, 0) is 4.79 Å². The van der Waals surface area contributed by atoms with Crippen molar-refractivity contribution in [2.45, 2.75) is 19.3 Å². The van der Waals surface area contributed by atoms with Crippen molar-refractivity contribution in [1.82, 2.24) is 4.90 Å². The second kappa shape index (κ2) is 4.10. The second-order valence-electron chi connectivity index (χ2n) is 3.27. The molecule has 0 spiro atoms. The van der Waals surface area contributed by atoms with Crippen molar-refractivity contribution in [3.63, 3.8) is 0 Å². The average Bonchev–Trinajstić information content (AvgIpc) is 2.36. The summed E-state index contributed by atoms with van der Waals surface area (Å²) in [7, 11) is 3.93. The molecular formula is C10H15NO. The lowest BCUT2D eigenvalue weighted by molar-refractivity contribution is -0.114. The molecule has 1 rings (SSSR count). The standard InChI is InChI=1S/C10H15NO/c1-11(2)8-4-6-9-5-3-7-10(9)12/h4,6,8H,3,5,7H2,1-2H3/b8-4+,9-6+. The predicted octanol–water partition coefficient (Wildman–Crippen LogP) is 1.74. The highest BCUT2D eigenvalue weighted by molar-refractivity contribution is 5.97. The molecule has 66 valence electrons. The normalized spacial score (nSPS) is 21.2. The van der Waals surface area contributed by atoms with Crippen molar-refractivity contribution in [1.29, 1.82) is 0 Å². The maximum absolute atomic E-state index is 11.1. The van der Waals surface area contributed by atoms with E-state index in [1.807, 2.05) is 37.3 Å². The summed E-state index contributed by atoms with van der Waals surface area (Å²) < 4.78 is 0. The van der Waals surface area contributed by atoms with Crippen LogP contribution in [-0.4, -0.2) is 24.8 Å². The van der Waals surface area contributed by atoms with Crippen molar-refractivity contribution in [3.05, 3.63) is 23.9 Å². The lowest BCUT2D eigenvalue weighted by atomic mass is 10.2. The topological polar surface area (TPSA) is 20.3 Å². The maximum atomic E-state index is 11.1. The highest BCUT2D eigenvalue weighted by Gasteiger charge is 2.15. The van der Waals surface area contributed by atoms with Gasteiger partial charge in [-0.25, -0.2) is 0 Å². The molecule has 0 N–H and O–H groups in total. The van der Waals surface area contributed by atoms with E-state index in [0.29, 0.717) is 5.78 Å². The Hall–Kier alpha value is -1.05. The van der Waals surface area contributed by atoms with Gasteiger partial charge in [-0.05, 0) is 30.7 Å². The molecule has 0 unspecified atom stereocenters. The monoisotopic (exact) mass is 165 g/mol. The van der Waals surface area contributed by atoms with E-state index in [2.05, 4.69) is 0 Å². The van der Waals surface area contributed by atoms with E-state index >= 15 is 0 Å². The molecule has 0 saturated heterocycles. The minimum absolute atomic E-state index is 0.318. The van der Waals surface area contributed by atoms with Gasteiger partial charge >= 0.3 is 0 Å². The summed E-state index contributed by atoms with van der Waals surface area (Å²) >= 11 is 0. The van der Waals surface area contributed by atoms with E-state index in [4.69, 9.17) is 0 Å². The molecule has 0 aromatic rings. The van der Waals surface area contributed by atoms with Crippen LogP contribution < -0.4 is 0 Å². The van der Waals surface area contributed by atoms with Crippen molar-refractivity contribution in [2.75, 3.05) is 14.1 Å². The first-order chi connectivity index (χ1) is 5.70. The Bertz CT molecular complexity index is 226. The molecule has 0 heterocycles. The number of rotatable bonds is 2. The Labute approximate surface area is 73.6 Å². The van der Waals surface area contributed by atoms with Crippen molar-refractivity contribution < 1.29 is 4.79 Å². The SMILES string of the molecule is CN(C)/C=C/C=C1\CCCC1=O. The fourth-order valence-corrected chi connectivity index (χ4v) is 1.25. The molecule has 2 heteroatoms. The first-order valence-corrected chi connectivity index (χ1v) is 4.27. The molecule has 0 aromatic carbocycles. The highest BCUT2D eigenvalue weighted by atomic mass is 16.1. The third-order valence-electron chi connectivity index (χ3n) is 1.89. The zero-order valence-electron chi connectivity index (χ0n) is 7.71. The fraction of sp³-hybridized carbons (Fsp3) is 0.500. The van der Waals surface area contributed by atoms with Gasteiger partial charge in [-0.1, -0.05) is 6.08 Å². The number of carbonyl (C=O) groups is 1. The number of hydrogen-bond donors (Lipinski definition) is 0. The number of allylic oxidation sites excluding steroid dienone is 3. The van der Waals surface area contributed by atoms with Gasteiger partial charge in [0.25, 0.3) is 0 Å². The summed E-state index contributed by atoms with van der Waals surface area (Å²) in [6, 6.07) is 0. The van der Waals surface area contributed by atoms with Gasteiger partial charge in [0.15, 0.2) is 5.78 Å². The van der Waals surface area contributed by atoms with E-state index < -0.39 is 0 Å². The Morgan fingerprint density at radius 3 is 2.58 bits per heavy atom. The van der Waals surface area contributed by atoms with Gasteiger partial charge in [-0.2, -0.15) is 0 Å². The summed E-state index contributed by atoms with van der Waals surface area (Å²) in [6.45, 7) is 0. The second-order valence-corrected chi connectivity index (χ2v) is 3.27. The average molecular weight is 165 g/mol. The third kappa shape index (κ3) is 2.53. The lowest BCUT2D eigenvalue weighted by Gasteiger charge is -2.01. The molecular weight excluding hydrogens is 150 g/mol. The summed E-state index contributed by atoms with van der Waals surface area (Å²) in [6.07, 6.45) is 8.52. The minimum atomic E-state index is 0.318. The molecule has 1 fully saturated rings. The van der Waals surface area contributed by atoms with Crippen LogP contribution in [0.15, 0.2) is 23.9 Å². The molecule has 0 radical (unpaired) electrons. The number of ketones is 1. The fourth-order valence-electron chi connectivity index (χ4n) is 1.25. The molecule has 0 atom stereocenters. The van der Waals surface area contributed by atoms with Gasteiger partial charge in [0.1, 0.15) is 0 Å². The van der Waals surface area contributed by atoms with Crippen LogP contribution in [0.2, 0.25) is 0 Å². The Kier molecular flexibility index (Phi) is 3.09. The molecule has 12 heavy (non-hydrogen) atoms. The van der Waals surface area contributed by atoms with Gasteiger partial charge in [0.05, 0.1) is 0 Å². The third-order valence-corrected chi connectivity index (χ3v) is 1.89. The zero-order valence-corrected chi connectivity index (χ0v) is 7.71. The molecule has 1 aliphatic rings. The van der Waals surface area contributed by atoms with Crippen LogP contribution in [0.25, 0.3) is 0 Å². The highest BCUT2D eigenvalue weighted by Crippen LogP contribution is 2.19. The largest absolute Gasteiger partial charge is 0.383 e. The van der Waals surface area contributed by atoms with Gasteiger partial charge < -0.3 is 4.90 Å². The van der Waals surface area contributed by atoms with E-state index in [-0.39, 0.29) is 0 Å². The van der Waals surface area contributed by atoms with Gasteiger partial charge in [0.2, 0.25) is 0 Å². The molecule has 2 nitrogen and oxygen atoms in total. The maximum Gasteiger partial charge on any atom is 0.158 e. The Morgan fingerprint density at radius 2 is 2.08 bits per heavy atom. The van der Waals surface area contributed by atoms with E-state index in [1.54, 1.807) is 0 Å². The Balaban J connectivity index is 2.51. The quantitative estimate of drug-likeness (QED) is 0.581. The number of Topliss-reactive ketones (excluding diaryl/α,β-unsaturated/α-hetero) is 1. The van der Waals surface area contributed by atoms with Gasteiger partial charge in [0, 0.05) is 20.5 Å². The van der Waals surface area contributed by atoms with E-state index in [1.165, 1.54) is 0 Å². The van der Waals surface area contributed by atoms with Crippen LogP contribution in [0.1, 0.15) is 19.3 Å². The van der Waals surface area contributed by atoms with Crippen LogP contribution >= 0.6 is 0 Å². The number of hydrogen-bond acceptors (Lipinski definition) is 2. The van der Waals surface area contributed by atoms with E-state index in [0.717, 1.165) is 24.8 Å². The molecule has 0 aliphatic heterocycles. The van der Waals surface area contributed by atoms with Crippen LogP contribution in [0.5, 0.6) is 0 Å². The molecule has 1 saturated carbocycles. The van der Waals surface area contributed by atoms with Crippen molar-refractivity contribution in [3.8, 4) is 0 Å². The summed E-state index contributed by atoms with van der Waals surface area (Å²) in [4.78, 5) is 13.1. The number of nitrogens with zero attached hydrogens (tertiary/aromatic N) is 1. The van der Waals surface area contributed by atoms with Crippen molar-refractivity contribution in [2.24, 2.45) is 0 Å². The van der Waals surface area contributed by atoms with Crippen LogP contribution in [0.3, 0.4) is 0 Å². The van der Waals surface area contributed by atoms with E-state index in [9.17, 15) is 4.79 Å². The van der Waals surface area contributed by atoms with Gasteiger partial charge in [-0.3, -0.25) is 4.79 Å². The first kappa shape index (κ1) is 9.04. The number of carbonyl (C=O) groups excluding carboxylic acids is 1. The molecule has 0 aromatic heterocycles. The molecule has 0 amide bonds. The van der Waals surface area contributed by atoms with Crippen molar-refractivity contribution >= 4 is 5.78 Å². The summed E-state index contributed by atoms with van der Waals surface area (Å²) in [5.74, 6) is 0.318. The Morgan fingerprint density at radius 1 is 1.33 bits per heavy atom. The summed E-state index contributed by atoms with van der Waals surface area (Å²) in [5.41, 5.74) is 0.980. The summed E-state index contributed by atoms with van der Waals surface area (Å²) in [5, 5.41) is 0. The lowest BCUT2D eigenvalue weighted by Crippen LogP contribution is -1.99. The minimum Gasteiger partial charge on any atom is -0.383 e. The first-order valence-electron chi connectivity index (χ1n) is 4.27. The zero-order chi connectivity index (χ0) is 8.97. The van der Waals surface area contributed by atoms with Crippen LogP contribution in [0.4, 0.5) is 0 Å². The van der Waals surface area contributed by atoms with Crippen LogP contribution in [0, 0.1) is 0 Å².